The van der Waals surface area contributed by atoms with E-state index in [4.69, 9.17) is 19.6 Å². The summed E-state index contributed by atoms with van der Waals surface area (Å²) in [5.74, 6) is 1.61. The minimum atomic E-state index is -3.59. The predicted octanol–water partition coefficient (Wildman–Crippen LogP) is 6.05. The van der Waals surface area contributed by atoms with Crippen molar-refractivity contribution in [3.8, 4) is 22.8 Å². The minimum Gasteiger partial charge on any atom is -0.496 e. The lowest BCUT2D eigenvalue weighted by atomic mass is 9.83. The maximum Gasteiger partial charge on any atom is 0.228 e. The maximum absolute atomic E-state index is 11.4. The Hall–Kier alpha value is -4.21. The Labute approximate surface area is 248 Å². The van der Waals surface area contributed by atoms with E-state index in [0.29, 0.717) is 24.0 Å². The second kappa shape index (κ2) is 12.8. The molecule has 1 aromatic heterocycles. The number of nitrogens with two attached hydrogens (primary N) is 1. The van der Waals surface area contributed by atoms with E-state index in [0.717, 1.165) is 39.1 Å². The van der Waals surface area contributed by atoms with Gasteiger partial charge < -0.3 is 14.4 Å². The van der Waals surface area contributed by atoms with Crippen molar-refractivity contribution in [2.45, 2.75) is 38.5 Å². The molecule has 8 nitrogen and oxygen atoms in total. The summed E-state index contributed by atoms with van der Waals surface area (Å²) in [5.41, 5.74) is 5.92. The van der Waals surface area contributed by atoms with E-state index in [1.54, 1.807) is 25.4 Å². The van der Waals surface area contributed by atoms with Crippen molar-refractivity contribution >= 4 is 28.1 Å². The number of benzene rings is 3. The molecule has 0 aliphatic heterocycles. The van der Waals surface area contributed by atoms with Gasteiger partial charge in [0.25, 0.3) is 0 Å². The van der Waals surface area contributed by atoms with Crippen LogP contribution in [0.25, 0.3) is 23.3 Å². The van der Waals surface area contributed by atoms with E-state index in [2.05, 4.69) is 31.8 Å². The fraction of sp³-hybridized carbons (Fsp3) is 0.273. The Morgan fingerprint density at radius 3 is 2.24 bits per heavy atom. The van der Waals surface area contributed by atoms with Gasteiger partial charge in [-0.3, -0.25) is 0 Å². The van der Waals surface area contributed by atoms with Crippen molar-refractivity contribution in [3.63, 3.8) is 0 Å². The van der Waals surface area contributed by atoms with E-state index in [9.17, 15) is 8.42 Å². The van der Waals surface area contributed by atoms with Crippen molar-refractivity contribution < 1.29 is 17.9 Å². The van der Waals surface area contributed by atoms with Gasteiger partial charge >= 0.3 is 0 Å². The number of methoxy groups -OCH3 is 1. The number of ether oxygens (including phenoxy) is 2. The molecule has 0 saturated heterocycles. The van der Waals surface area contributed by atoms with Crippen LogP contribution in [0.2, 0.25) is 0 Å². The smallest absolute Gasteiger partial charge is 0.228 e. The fourth-order valence-electron chi connectivity index (χ4n) is 4.47. The Morgan fingerprint density at radius 1 is 0.952 bits per heavy atom. The summed E-state index contributed by atoms with van der Waals surface area (Å²) in [6.45, 7) is 6.80. The molecule has 0 radical (unpaired) electrons. The first-order valence-corrected chi connectivity index (χ1v) is 15.3. The third-order valence-electron chi connectivity index (χ3n) is 6.60. The lowest BCUT2D eigenvalue weighted by molar-refractivity contribution is 0.295. The number of rotatable bonds is 10. The largest absolute Gasteiger partial charge is 0.496 e. The van der Waals surface area contributed by atoms with Crippen molar-refractivity contribution in [1.82, 2.24) is 9.97 Å². The monoisotopic (exact) mass is 586 g/mol. The molecule has 4 rings (SSSR count). The molecule has 1 heterocycles. The fourth-order valence-corrected chi connectivity index (χ4v) is 5.12. The molecular weight excluding hydrogens is 548 g/mol. The molecule has 42 heavy (non-hydrogen) atoms. The van der Waals surface area contributed by atoms with Gasteiger partial charge in [-0.15, -0.1) is 0 Å². The summed E-state index contributed by atoms with van der Waals surface area (Å²) in [5, 5.41) is 5.19. The van der Waals surface area contributed by atoms with Crippen LogP contribution in [0, 0.1) is 0 Å². The van der Waals surface area contributed by atoms with Crippen LogP contribution >= 0.6 is 0 Å². The second-order valence-corrected chi connectivity index (χ2v) is 13.0. The molecule has 3 aromatic carbocycles. The average molecular weight is 587 g/mol. The summed E-state index contributed by atoms with van der Waals surface area (Å²) in [4.78, 5) is 11.2. The van der Waals surface area contributed by atoms with Gasteiger partial charge in [0.2, 0.25) is 21.9 Å². The molecule has 2 N–H and O–H groups in total. The zero-order chi connectivity index (χ0) is 30.5. The van der Waals surface area contributed by atoms with Gasteiger partial charge in [-0.2, -0.15) is 4.98 Å². The number of primary sulfonamides is 1. The van der Waals surface area contributed by atoms with Gasteiger partial charge in [-0.1, -0.05) is 87.5 Å². The normalized spacial score (nSPS) is 12.0. The highest BCUT2D eigenvalue weighted by atomic mass is 32.2. The third-order valence-corrected chi connectivity index (χ3v) is 7.34. The van der Waals surface area contributed by atoms with E-state index in [1.165, 1.54) is 0 Å². The molecule has 9 heteroatoms. The molecule has 4 aromatic rings. The van der Waals surface area contributed by atoms with Crippen molar-refractivity contribution in [2.24, 2.45) is 5.14 Å². The molecule has 0 unspecified atom stereocenters. The van der Waals surface area contributed by atoms with Crippen LogP contribution in [0.1, 0.15) is 48.6 Å². The molecule has 0 fully saturated rings. The summed E-state index contributed by atoms with van der Waals surface area (Å²) in [6.07, 6.45) is 5.76. The Kier molecular flexibility index (Phi) is 9.33. The first-order valence-electron chi connectivity index (χ1n) is 13.6. The third kappa shape index (κ3) is 7.96. The van der Waals surface area contributed by atoms with Gasteiger partial charge in [-0.05, 0) is 39.8 Å². The van der Waals surface area contributed by atoms with Gasteiger partial charge in [0.15, 0.2) is 0 Å². The summed E-state index contributed by atoms with van der Waals surface area (Å²) in [6, 6.07) is 21.4. The number of aromatic nitrogens is 2. The number of anilines is 1. The number of hydrogen-bond acceptors (Lipinski definition) is 7. The molecule has 0 aliphatic rings. The first kappa shape index (κ1) is 30.7. The van der Waals surface area contributed by atoms with Crippen molar-refractivity contribution in [1.29, 1.82) is 0 Å². The van der Waals surface area contributed by atoms with Gasteiger partial charge in [-0.25, -0.2) is 18.5 Å². The molecule has 0 atom stereocenters. The molecule has 0 amide bonds. The highest BCUT2D eigenvalue weighted by Crippen LogP contribution is 2.41. The Bertz CT molecular complexity index is 1660. The van der Waals surface area contributed by atoms with Crippen LogP contribution < -0.4 is 19.5 Å². The zero-order valence-electron chi connectivity index (χ0n) is 25.0. The van der Waals surface area contributed by atoms with Crippen LogP contribution in [0.4, 0.5) is 5.95 Å². The quantitative estimate of drug-likeness (QED) is 0.225. The van der Waals surface area contributed by atoms with Crippen LogP contribution in [0.3, 0.4) is 0 Å². The van der Waals surface area contributed by atoms with Gasteiger partial charge in [0.05, 0.1) is 18.4 Å². The molecule has 0 bridgehead atoms. The number of sulfonamides is 1. The van der Waals surface area contributed by atoms with E-state index in [1.807, 2.05) is 79.7 Å². The summed E-state index contributed by atoms with van der Waals surface area (Å²) in [7, 11) is 1.87. The Balaban J connectivity index is 1.79. The van der Waals surface area contributed by atoms with Crippen LogP contribution in [-0.2, 0) is 27.8 Å². The number of hydrogen-bond donors (Lipinski definition) is 1. The highest BCUT2D eigenvalue weighted by molar-refractivity contribution is 7.88. The van der Waals surface area contributed by atoms with E-state index in [-0.39, 0.29) is 11.2 Å². The lowest BCUT2D eigenvalue weighted by Gasteiger charge is -2.25. The minimum absolute atomic E-state index is 0.203. The van der Waals surface area contributed by atoms with Gasteiger partial charge in [0, 0.05) is 31.4 Å². The topological polar surface area (TPSA) is 108 Å². The molecule has 0 spiro atoms. The van der Waals surface area contributed by atoms with Crippen molar-refractivity contribution in [3.05, 3.63) is 101 Å². The SMILES string of the molecule is COc1c(C=Cc2ccc(CS(N)(=O)=O)cc2)cc(-c2cnc(N(C)C)nc2OCc2ccccc2)cc1C(C)(C)C. The lowest BCUT2D eigenvalue weighted by Crippen LogP contribution is -2.15. The maximum atomic E-state index is 11.4. The first-order chi connectivity index (χ1) is 19.8. The van der Waals surface area contributed by atoms with Crippen molar-refractivity contribution in [2.75, 3.05) is 26.1 Å². The number of nitrogens with zero attached hydrogens (tertiary/aromatic N) is 3. The highest BCUT2D eigenvalue weighted by Gasteiger charge is 2.24. The average Bonchev–Trinajstić information content (AvgIpc) is 2.94. The van der Waals surface area contributed by atoms with Crippen LogP contribution in [-0.4, -0.2) is 39.6 Å². The summed E-state index contributed by atoms with van der Waals surface area (Å²) < 4.78 is 35.1. The Morgan fingerprint density at radius 2 is 1.64 bits per heavy atom. The standard InChI is InChI=1S/C33H38N4O4S/c1-33(2,3)29-19-27(28-20-35-32(37(4)5)36-31(28)41-21-24-10-8-7-9-11-24)18-26(30(29)40-6)17-16-23-12-14-25(15-13-23)22-42(34,38)39/h7-20H,21-22H2,1-6H3,(H2,34,38,39). The molecular formula is C33H38N4O4S. The van der Waals surface area contributed by atoms with Gasteiger partial charge in [0.1, 0.15) is 12.4 Å². The predicted molar refractivity (Wildman–Crippen MR) is 170 cm³/mol. The van der Waals surface area contributed by atoms with E-state index < -0.39 is 10.0 Å². The molecule has 0 saturated carbocycles. The summed E-state index contributed by atoms with van der Waals surface area (Å²) >= 11 is 0. The second-order valence-electron chi connectivity index (χ2n) is 11.3. The molecule has 0 aliphatic carbocycles. The van der Waals surface area contributed by atoms with Crippen LogP contribution in [0.15, 0.2) is 72.9 Å². The zero-order valence-corrected chi connectivity index (χ0v) is 25.8. The molecule has 220 valence electrons. The van der Waals surface area contributed by atoms with Crippen LogP contribution in [0.5, 0.6) is 11.6 Å². The van der Waals surface area contributed by atoms with E-state index >= 15 is 0 Å².